The van der Waals surface area contributed by atoms with E-state index in [0.717, 1.165) is 6.07 Å². The Morgan fingerprint density at radius 1 is 1.14 bits per heavy atom. The topological polar surface area (TPSA) is 0 Å². The van der Waals surface area contributed by atoms with Crippen molar-refractivity contribution in [2.24, 2.45) is 0 Å². The Balaban J connectivity index is 0. The normalized spacial score (nSPS) is 10.0. The van der Waals surface area contributed by atoms with Crippen LogP contribution in [0.15, 0.2) is 18.2 Å². The van der Waals surface area contributed by atoms with Gasteiger partial charge < -0.3 is 12.4 Å². The van der Waals surface area contributed by atoms with Crippen LogP contribution in [0.25, 0.3) is 0 Å². The minimum atomic E-state index is -4.43. The molecule has 14 heavy (non-hydrogen) atoms. The molecule has 1 aromatic carbocycles. The van der Waals surface area contributed by atoms with Crippen LogP contribution < -0.4 is 12.4 Å². The second-order valence-corrected chi connectivity index (χ2v) is 2.30. The van der Waals surface area contributed by atoms with Crippen molar-refractivity contribution in [1.29, 1.82) is 0 Å². The number of halogens is 5. The molecule has 1 aromatic rings. The second kappa shape index (κ2) is 5.68. The second-order valence-electron chi connectivity index (χ2n) is 2.30. The predicted octanol–water partition coefficient (Wildman–Crippen LogP) is -0.350. The molecule has 0 aliphatic carbocycles. The van der Waals surface area contributed by atoms with Crippen molar-refractivity contribution in [3.63, 3.8) is 0 Å². The Morgan fingerprint density at radius 2 is 1.64 bits per heavy atom. The summed E-state index contributed by atoms with van der Waals surface area (Å²) in [6.07, 6.45) is -4.43. The van der Waals surface area contributed by atoms with E-state index in [-0.39, 0.29) is 41.0 Å². The van der Waals surface area contributed by atoms with Crippen molar-refractivity contribution in [3.8, 4) is 0 Å². The molecule has 0 atom stereocenters. The van der Waals surface area contributed by atoms with Gasteiger partial charge in [0.2, 0.25) is 0 Å². The molecule has 0 fully saturated rings. The van der Waals surface area contributed by atoms with Crippen molar-refractivity contribution in [2.75, 3.05) is 0 Å². The third-order valence-electron chi connectivity index (χ3n) is 1.37. The van der Waals surface area contributed by atoms with E-state index in [4.69, 9.17) is 0 Å². The van der Waals surface area contributed by atoms with Crippen LogP contribution in [0.1, 0.15) is 11.1 Å². The maximum absolute atomic E-state index is 12.5. The molecule has 74 valence electrons. The molecule has 6 heteroatoms. The number of rotatable bonds is 0. The zero-order valence-corrected chi connectivity index (χ0v) is 9.21. The fourth-order valence-corrected chi connectivity index (χ4v) is 0.751. The van der Waals surface area contributed by atoms with Gasteiger partial charge in [0.05, 0.1) is 0 Å². The molecular weight excluding hydrogens is 232 g/mol. The summed E-state index contributed by atoms with van der Waals surface area (Å²) >= 11 is 0. The van der Waals surface area contributed by atoms with Gasteiger partial charge in [0.15, 0.2) is 0 Å². The molecule has 0 heterocycles. The Morgan fingerprint density at radius 3 is 2.00 bits per heavy atom. The molecule has 0 nitrogen and oxygen atoms in total. The third-order valence-corrected chi connectivity index (χ3v) is 1.37. The van der Waals surface area contributed by atoms with Crippen LogP contribution in [0, 0.1) is 12.7 Å². The molecule has 0 N–H and O–H groups in total. The Bertz CT molecular complexity index is 298. The van der Waals surface area contributed by atoms with E-state index in [0.29, 0.717) is 12.1 Å². The van der Waals surface area contributed by atoms with Gasteiger partial charge in [0, 0.05) is 5.82 Å². The number of hydrogen-bond acceptors (Lipinski definition) is 0. The van der Waals surface area contributed by atoms with Crippen LogP contribution in [0.3, 0.4) is 0 Å². The van der Waals surface area contributed by atoms with E-state index < -0.39 is 17.6 Å². The van der Waals surface area contributed by atoms with Gasteiger partial charge in [-0.15, -0.1) is 6.07 Å². The average molecular weight is 237 g/mol. The monoisotopic (exact) mass is 236 g/mol. The molecule has 0 saturated heterocycles. The average Bonchev–Trinajstić information content (AvgIpc) is 1.92. The zero-order valence-electron chi connectivity index (χ0n) is 7.04. The molecular formula is C8H5ClF4Mg. The van der Waals surface area contributed by atoms with Crippen molar-refractivity contribution < 1.29 is 30.0 Å². The first kappa shape index (κ1) is 16.3. The predicted molar refractivity (Wildman–Crippen MR) is 41.6 cm³/mol. The quantitative estimate of drug-likeness (QED) is 0.328. The maximum atomic E-state index is 12.5. The Labute approximate surface area is 101 Å². The Hall–Kier alpha value is -0.134. The fraction of sp³-hybridized carbons (Fsp3) is 0.125. The van der Waals surface area contributed by atoms with Crippen LogP contribution in [0.2, 0.25) is 0 Å². The van der Waals surface area contributed by atoms with Crippen LogP contribution in [0.5, 0.6) is 0 Å². The van der Waals surface area contributed by atoms with Gasteiger partial charge in [-0.3, -0.25) is 4.39 Å². The van der Waals surface area contributed by atoms with Crippen molar-refractivity contribution >= 4 is 23.1 Å². The maximum Gasteiger partial charge on any atom is 2.00 e. The van der Waals surface area contributed by atoms with E-state index in [9.17, 15) is 17.6 Å². The van der Waals surface area contributed by atoms with Gasteiger partial charge in [0.25, 0.3) is 0 Å². The van der Waals surface area contributed by atoms with E-state index in [1.54, 1.807) is 0 Å². The molecule has 1 rings (SSSR count). The van der Waals surface area contributed by atoms with Gasteiger partial charge in [-0.2, -0.15) is 25.7 Å². The standard InChI is InChI=1S/C8H5F4.ClH.Mg/c1-5-4-6(8(10,11)12)2-3-7(5)9;;/h2-4H,1H2;1H;/q-1;;+2/p-1. The molecule has 0 bridgehead atoms. The van der Waals surface area contributed by atoms with Crippen LogP contribution in [-0.4, -0.2) is 23.1 Å². The van der Waals surface area contributed by atoms with Crippen LogP contribution in [-0.2, 0) is 6.18 Å². The summed E-state index contributed by atoms with van der Waals surface area (Å²) in [6, 6.07) is 2.12. The van der Waals surface area contributed by atoms with Crippen LogP contribution >= 0.6 is 0 Å². The third kappa shape index (κ3) is 3.94. The van der Waals surface area contributed by atoms with Crippen molar-refractivity contribution in [2.45, 2.75) is 6.18 Å². The zero-order chi connectivity index (χ0) is 9.35. The van der Waals surface area contributed by atoms with E-state index in [1.807, 2.05) is 0 Å². The first-order valence-electron chi connectivity index (χ1n) is 3.10. The van der Waals surface area contributed by atoms with Gasteiger partial charge >= 0.3 is 29.2 Å². The first-order chi connectivity index (χ1) is 5.41. The molecule has 0 amide bonds. The molecule has 0 aliphatic rings. The summed E-state index contributed by atoms with van der Waals surface area (Å²) in [7, 11) is 0. The molecule has 0 saturated carbocycles. The molecule has 0 spiro atoms. The summed E-state index contributed by atoms with van der Waals surface area (Å²) in [5.41, 5.74) is -1.13. The molecule has 0 aliphatic heterocycles. The molecule has 0 unspecified atom stereocenters. The Kier molecular flexibility index (Phi) is 6.61. The summed E-state index contributed by atoms with van der Waals surface area (Å²) in [6.45, 7) is 3.12. The number of alkyl halides is 3. The van der Waals surface area contributed by atoms with Gasteiger partial charge in [0.1, 0.15) is 0 Å². The number of benzene rings is 1. The first-order valence-corrected chi connectivity index (χ1v) is 3.10. The molecule has 0 aromatic heterocycles. The summed E-state index contributed by atoms with van der Waals surface area (Å²) < 4.78 is 48.3. The minimum Gasteiger partial charge on any atom is -1.00 e. The van der Waals surface area contributed by atoms with Crippen molar-refractivity contribution in [3.05, 3.63) is 42.1 Å². The van der Waals surface area contributed by atoms with Gasteiger partial charge in [-0.1, -0.05) is 12.1 Å². The summed E-state index contributed by atoms with van der Waals surface area (Å²) in [5, 5.41) is 0. The van der Waals surface area contributed by atoms with Crippen LogP contribution in [0.4, 0.5) is 17.6 Å². The van der Waals surface area contributed by atoms with Gasteiger partial charge in [-0.05, 0) is 5.56 Å². The van der Waals surface area contributed by atoms with Crippen molar-refractivity contribution in [1.82, 2.24) is 0 Å². The van der Waals surface area contributed by atoms with Gasteiger partial charge in [-0.25, -0.2) is 0 Å². The molecule has 0 radical (unpaired) electrons. The minimum absolute atomic E-state index is 0. The fourth-order valence-electron chi connectivity index (χ4n) is 0.751. The number of hydrogen-bond donors (Lipinski definition) is 0. The van der Waals surface area contributed by atoms with E-state index >= 15 is 0 Å². The van der Waals surface area contributed by atoms with E-state index in [2.05, 4.69) is 6.92 Å². The largest absolute Gasteiger partial charge is 2.00 e. The SMILES string of the molecule is [CH2-]c1cc(C(F)(F)F)ccc1F.[Cl-].[Mg+2]. The smallest absolute Gasteiger partial charge is 1.00 e. The van der Waals surface area contributed by atoms with E-state index in [1.165, 1.54) is 0 Å². The summed E-state index contributed by atoms with van der Waals surface area (Å²) in [5.74, 6) is -0.733. The summed E-state index contributed by atoms with van der Waals surface area (Å²) in [4.78, 5) is 0.